The van der Waals surface area contributed by atoms with Crippen LogP contribution in [0.2, 0.25) is 0 Å². The van der Waals surface area contributed by atoms with E-state index in [-0.39, 0.29) is 16.9 Å². The molecule has 3 rings (SSSR count). The van der Waals surface area contributed by atoms with Crippen molar-refractivity contribution in [2.45, 2.75) is 83.5 Å². The first kappa shape index (κ1) is 23.6. The molecule has 2 aromatic rings. The maximum Gasteiger partial charge on any atom is 0.161 e. The highest BCUT2D eigenvalue weighted by atomic mass is 32.2. The number of hydrogen-bond donors (Lipinski definition) is 2. The molecule has 0 aromatic heterocycles. The molecular weight excluding hydrogens is 408 g/mol. The number of phenolic OH excluding ortho intramolecular Hbond substituents is 1. The topological polar surface area (TPSA) is 73.6 Å². The Bertz CT molecular complexity index is 1050. The molecule has 0 radical (unpaired) electrons. The summed E-state index contributed by atoms with van der Waals surface area (Å²) in [5.41, 5.74) is 3.18. The summed E-state index contributed by atoms with van der Waals surface area (Å²) in [5, 5.41) is 10.1. The molecule has 5 nitrogen and oxygen atoms in total. The number of aryl methyl sites for hydroxylation is 1. The number of aromatic hydroxyl groups is 1. The molecule has 1 atom stereocenters. The van der Waals surface area contributed by atoms with Crippen LogP contribution in [0.25, 0.3) is 0 Å². The molecule has 170 valence electrons. The lowest BCUT2D eigenvalue weighted by molar-refractivity contribution is 0.109. The van der Waals surface area contributed by atoms with E-state index in [1.54, 1.807) is 13.0 Å². The largest absolute Gasteiger partial charge is 0.504 e. The molecule has 1 aliphatic heterocycles. The fourth-order valence-electron chi connectivity index (χ4n) is 3.90. The van der Waals surface area contributed by atoms with Crippen LogP contribution < -0.4 is 4.74 Å². The zero-order valence-electron chi connectivity index (χ0n) is 19.6. The molecule has 2 aromatic carbocycles. The van der Waals surface area contributed by atoms with Gasteiger partial charge in [-0.1, -0.05) is 19.1 Å². The first-order chi connectivity index (χ1) is 14.3. The van der Waals surface area contributed by atoms with Crippen LogP contribution in [0.3, 0.4) is 0 Å². The summed E-state index contributed by atoms with van der Waals surface area (Å²) >= 11 is 0. The zero-order chi connectivity index (χ0) is 23.0. The molecule has 0 spiro atoms. The van der Waals surface area contributed by atoms with Crippen molar-refractivity contribution in [3.05, 3.63) is 53.1 Å². The van der Waals surface area contributed by atoms with Gasteiger partial charge in [0.25, 0.3) is 0 Å². The lowest BCUT2D eigenvalue weighted by Crippen LogP contribution is -2.40. The minimum Gasteiger partial charge on any atom is -0.504 e. The van der Waals surface area contributed by atoms with Gasteiger partial charge in [-0.25, -0.2) is 8.99 Å². The number of phenols is 1. The number of rotatable bonds is 7. The van der Waals surface area contributed by atoms with Crippen molar-refractivity contribution in [2.24, 2.45) is 0 Å². The summed E-state index contributed by atoms with van der Waals surface area (Å²) in [6.07, 6.45) is 1.83. The van der Waals surface area contributed by atoms with Crippen molar-refractivity contribution < 1.29 is 14.1 Å². The van der Waals surface area contributed by atoms with Gasteiger partial charge in [-0.15, -0.1) is 0 Å². The van der Waals surface area contributed by atoms with Crippen molar-refractivity contribution in [3.8, 4) is 11.5 Å². The summed E-state index contributed by atoms with van der Waals surface area (Å²) < 4.78 is 26.4. The standard InChI is InChI=1S/C25H36N2O3S/c1-7-31(26,29)21-10-9-19-16-27(17-20(19)15-21)25(5,6)13-12-18-8-11-22(28)23(14-18)30-24(2,3)4/h8-11,14-15,26,28H,7,12-13,16-17H2,1-6H3. The van der Waals surface area contributed by atoms with Crippen molar-refractivity contribution >= 4 is 9.73 Å². The van der Waals surface area contributed by atoms with E-state index in [0.717, 1.165) is 31.5 Å². The lowest BCUT2D eigenvalue weighted by Gasteiger charge is -2.35. The van der Waals surface area contributed by atoms with Crippen LogP contribution in [-0.4, -0.2) is 31.1 Å². The second-order valence-corrected chi connectivity index (χ2v) is 12.5. The average Bonchev–Trinajstić information content (AvgIpc) is 3.12. The highest BCUT2D eigenvalue weighted by molar-refractivity contribution is 7.92. The van der Waals surface area contributed by atoms with Crippen LogP contribution in [0.15, 0.2) is 41.3 Å². The van der Waals surface area contributed by atoms with E-state index < -0.39 is 9.73 Å². The maximum absolute atomic E-state index is 12.5. The van der Waals surface area contributed by atoms with Crippen molar-refractivity contribution in [3.63, 3.8) is 0 Å². The van der Waals surface area contributed by atoms with Crippen molar-refractivity contribution in [1.82, 2.24) is 4.90 Å². The molecule has 0 saturated carbocycles. The van der Waals surface area contributed by atoms with Gasteiger partial charge in [-0.3, -0.25) is 4.90 Å². The molecule has 31 heavy (non-hydrogen) atoms. The van der Waals surface area contributed by atoms with Crippen molar-refractivity contribution in [1.29, 1.82) is 4.78 Å². The van der Waals surface area contributed by atoms with Crippen LogP contribution in [0.4, 0.5) is 0 Å². The SMILES string of the molecule is CCS(=N)(=O)c1ccc2c(c1)CN(C(C)(C)CCc1ccc(O)c(OC(C)(C)C)c1)C2. The van der Waals surface area contributed by atoms with E-state index in [1.807, 2.05) is 51.1 Å². The number of fused-ring (bicyclic) bond motifs is 1. The molecular formula is C25H36N2O3S. The van der Waals surface area contributed by atoms with Gasteiger partial charge in [-0.2, -0.15) is 0 Å². The predicted octanol–water partition coefficient (Wildman–Crippen LogP) is 5.72. The van der Waals surface area contributed by atoms with Gasteiger partial charge in [0.15, 0.2) is 11.5 Å². The summed E-state index contributed by atoms with van der Waals surface area (Å²) in [6, 6.07) is 11.5. The number of benzene rings is 2. The molecule has 1 heterocycles. The monoisotopic (exact) mass is 444 g/mol. The van der Waals surface area contributed by atoms with E-state index in [2.05, 4.69) is 18.7 Å². The van der Waals surface area contributed by atoms with Gasteiger partial charge in [0, 0.05) is 29.3 Å². The van der Waals surface area contributed by atoms with Crippen LogP contribution in [0.5, 0.6) is 11.5 Å². The number of nitrogens with one attached hydrogen (secondary N) is 1. The van der Waals surface area contributed by atoms with E-state index in [0.29, 0.717) is 16.4 Å². The Balaban J connectivity index is 1.70. The Hall–Kier alpha value is -2.05. The number of nitrogens with zero attached hydrogens (tertiary/aromatic N) is 1. The highest BCUT2D eigenvalue weighted by Crippen LogP contribution is 2.35. The smallest absolute Gasteiger partial charge is 0.161 e. The summed E-state index contributed by atoms with van der Waals surface area (Å²) in [4.78, 5) is 3.09. The lowest BCUT2D eigenvalue weighted by atomic mass is 9.93. The molecule has 1 aliphatic rings. The highest BCUT2D eigenvalue weighted by Gasteiger charge is 2.32. The Morgan fingerprint density at radius 1 is 1.06 bits per heavy atom. The molecule has 6 heteroatoms. The fraction of sp³-hybridized carbons (Fsp3) is 0.520. The number of hydrogen-bond acceptors (Lipinski definition) is 5. The second kappa shape index (κ2) is 8.47. The van der Waals surface area contributed by atoms with Crippen LogP contribution >= 0.6 is 0 Å². The predicted molar refractivity (Wildman–Crippen MR) is 126 cm³/mol. The van der Waals surface area contributed by atoms with Gasteiger partial charge >= 0.3 is 0 Å². The van der Waals surface area contributed by atoms with Gasteiger partial charge in [0.2, 0.25) is 0 Å². The maximum atomic E-state index is 12.5. The Kier molecular flexibility index (Phi) is 6.45. The third-order valence-corrected chi connectivity index (χ3v) is 7.84. The molecule has 1 unspecified atom stereocenters. The zero-order valence-corrected chi connectivity index (χ0v) is 20.4. The summed E-state index contributed by atoms with van der Waals surface area (Å²) in [5.74, 6) is 1.04. The summed E-state index contributed by atoms with van der Waals surface area (Å²) in [6.45, 7) is 13.9. The second-order valence-electron chi connectivity index (χ2n) is 10.1. The van der Waals surface area contributed by atoms with Gasteiger partial charge in [-0.05, 0) is 88.4 Å². The Labute approximate surface area is 187 Å². The first-order valence-electron chi connectivity index (χ1n) is 10.9. The Morgan fingerprint density at radius 3 is 2.39 bits per heavy atom. The minimum atomic E-state index is -2.69. The quantitative estimate of drug-likeness (QED) is 0.573. The number of ether oxygens (including phenoxy) is 1. The average molecular weight is 445 g/mol. The van der Waals surface area contributed by atoms with Crippen LogP contribution in [0, 0.1) is 4.78 Å². The van der Waals surface area contributed by atoms with E-state index in [4.69, 9.17) is 9.52 Å². The van der Waals surface area contributed by atoms with E-state index in [1.165, 1.54) is 11.1 Å². The molecule has 2 N–H and O–H groups in total. The molecule has 0 saturated heterocycles. The minimum absolute atomic E-state index is 0.0325. The van der Waals surface area contributed by atoms with Crippen molar-refractivity contribution in [2.75, 3.05) is 5.75 Å². The molecule has 0 bridgehead atoms. The van der Waals surface area contributed by atoms with E-state index in [9.17, 15) is 9.32 Å². The fourth-order valence-corrected chi connectivity index (χ4v) is 4.86. The third kappa shape index (κ3) is 5.60. The molecule has 0 fully saturated rings. The summed E-state index contributed by atoms with van der Waals surface area (Å²) in [7, 11) is -2.69. The Morgan fingerprint density at radius 2 is 1.74 bits per heavy atom. The first-order valence-corrected chi connectivity index (χ1v) is 12.7. The van der Waals surface area contributed by atoms with Crippen LogP contribution in [0.1, 0.15) is 64.7 Å². The third-order valence-electron chi connectivity index (χ3n) is 6.01. The molecule has 0 amide bonds. The molecule has 0 aliphatic carbocycles. The van der Waals surface area contributed by atoms with E-state index >= 15 is 0 Å². The van der Waals surface area contributed by atoms with Crippen LogP contribution in [-0.2, 0) is 29.2 Å². The normalized spacial score (nSPS) is 16.7. The van der Waals surface area contributed by atoms with Gasteiger partial charge in [0.1, 0.15) is 5.60 Å². The van der Waals surface area contributed by atoms with Gasteiger partial charge < -0.3 is 9.84 Å². The van der Waals surface area contributed by atoms with Gasteiger partial charge in [0.05, 0.1) is 9.73 Å².